The van der Waals surface area contributed by atoms with E-state index in [0.717, 1.165) is 58.4 Å². The topological polar surface area (TPSA) is 30.9 Å². The Morgan fingerprint density at radius 2 is 1.65 bits per heavy atom. The maximum absolute atomic E-state index is 6.77. The van der Waals surface area contributed by atoms with Gasteiger partial charge in [-0.05, 0) is 88.7 Å². The highest BCUT2D eigenvalue weighted by atomic mass is 32.2. The smallest absolute Gasteiger partial charge is 0.0541 e. The number of anilines is 1. The summed E-state index contributed by atoms with van der Waals surface area (Å²) in [6.45, 7) is 12.2. The van der Waals surface area contributed by atoms with Crippen molar-refractivity contribution in [2.24, 2.45) is 0 Å². The van der Waals surface area contributed by atoms with Crippen LogP contribution in [0.2, 0.25) is 0 Å². The predicted octanol–water partition coefficient (Wildman–Crippen LogP) is 12.6. The molecular formula is C45H46N2S. The molecule has 8 rings (SSSR count). The van der Waals surface area contributed by atoms with Crippen molar-refractivity contribution in [3.05, 3.63) is 154 Å². The molecule has 2 N–H and O–H groups in total. The Morgan fingerprint density at radius 1 is 0.854 bits per heavy atom. The summed E-state index contributed by atoms with van der Waals surface area (Å²) in [7, 11) is 0. The van der Waals surface area contributed by atoms with E-state index in [9.17, 15) is 0 Å². The molecule has 3 heteroatoms. The fourth-order valence-corrected chi connectivity index (χ4v) is 7.77. The standard InChI is InChI=1S/C41H34N2S.2C2H6/c1-27(44-26-28-9-3-2-4-10-28)15-16-31-17-18-32-25-33(21-22-36(32)41(31)42)43-37-23-19-29-11-5-7-13-34(29)39(37)40-35-14-8-6-12-30(35)20-24-38(40)43;2*1-2/h2-7,9-13,15-18,20-22,24-25H,1,8,14,19,23,26,42H2;2*1-2H3/b16-15-;;. The van der Waals surface area contributed by atoms with Crippen molar-refractivity contribution < 1.29 is 0 Å². The Morgan fingerprint density at radius 3 is 2.48 bits per heavy atom. The van der Waals surface area contributed by atoms with Crippen LogP contribution in [0.4, 0.5) is 5.69 Å². The van der Waals surface area contributed by atoms with E-state index in [2.05, 4.69) is 126 Å². The number of nitrogens with two attached hydrogens (primary N) is 1. The lowest BCUT2D eigenvalue weighted by Gasteiger charge is -2.20. The number of fused-ring (bicyclic) bond motifs is 8. The molecule has 0 amide bonds. The van der Waals surface area contributed by atoms with Gasteiger partial charge in [0.2, 0.25) is 0 Å². The summed E-state index contributed by atoms with van der Waals surface area (Å²) >= 11 is 1.75. The number of aromatic nitrogens is 1. The van der Waals surface area contributed by atoms with E-state index in [0.29, 0.717) is 0 Å². The Kier molecular flexibility index (Phi) is 10.4. The summed E-state index contributed by atoms with van der Waals surface area (Å²) in [6, 6.07) is 35.2. The molecule has 48 heavy (non-hydrogen) atoms. The van der Waals surface area contributed by atoms with E-state index in [1.807, 2.05) is 33.8 Å². The van der Waals surface area contributed by atoms with Gasteiger partial charge in [-0.25, -0.2) is 0 Å². The van der Waals surface area contributed by atoms with Gasteiger partial charge in [0.05, 0.1) is 5.52 Å². The molecule has 2 aliphatic rings. The Bertz CT molecular complexity index is 2150. The van der Waals surface area contributed by atoms with Gasteiger partial charge in [0.1, 0.15) is 0 Å². The molecule has 0 atom stereocenters. The summed E-state index contributed by atoms with van der Waals surface area (Å²) in [5.41, 5.74) is 20.9. The molecule has 0 bridgehead atoms. The number of nitrogens with zero attached hydrogens (tertiary/aromatic N) is 1. The molecule has 0 saturated heterocycles. The van der Waals surface area contributed by atoms with Crippen LogP contribution in [0.25, 0.3) is 50.6 Å². The Balaban J connectivity index is 0.000000969. The van der Waals surface area contributed by atoms with Crippen molar-refractivity contribution in [3.8, 4) is 16.8 Å². The number of thioether (sulfide) groups is 1. The highest BCUT2D eigenvalue weighted by Gasteiger charge is 2.27. The second kappa shape index (κ2) is 15.0. The van der Waals surface area contributed by atoms with Gasteiger partial charge in [-0.2, -0.15) is 0 Å². The van der Waals surface area contributed by atoms with E-state index < -0.39 is 0 Å². The summed E-state index contributed by atoms with van der Waals surface area (Å²) in [6.07, 6.45) is 13.1. The zero-order valence-electron chi connectivity index (χ0n) is 28.7. The van der Waals surface area contributed by atoms with Crippen LogP contribution in [-0.4, -0.2) is 4.57 Å². The van der Waals surface area contributed by atoms with Crippen LogP contribution >= 0.6 is 11.8 Å². The molecule has 6 aromatic rings. The van der Waals surface area contributed by atoms with Crippen LogP contribution < -0.4 is 5.73 Å². The number of allylic oxidation sites excluding steroid dienone is 2. The van der Waals surface area contributed by atoms with Gasteiger partial charge in [-0.3, -0.25) is 0 Å². The van der Waals surface area contributed by atoms with Gasteiger partial charge in [-0.15, -0.1) is 11.8 Å². The van der Waals surface area contributed by atoms with Crippen LogP contribution in [0.15, 0.2) is 121 Å². The molecule has 2 nitrogen and oxygen atoms in total. The minimum Gasteiger partial charge on any atom is -0.398 e. The largest absolute Gasteiger partial charge is 0.398 e. The third kappa shape index (κ3) is 6.28. The van der Waals surface area contributed by atoms with E-state index in [4.69, 9.17) is 5.73 Å². The fraction of sp³-hybridized carbons (Fsp3) is 0.200. The van der Waals surface area contributed by atoms with E-state index >= 15 is 0 Å². The Labute approximate surface area is 290 Å². The average Bonchev–Trinajstić information content (AvgIpc) is 3.51. The molecule has 0 radical (unpaired) electrons. The average molecular weight is 647 g/mol. The number of hydrogen-bond acceptors (Lipinski definition) is 2. The number of nitrogen functional groups attached to an aromatic ring is 1. The van der Waals surface area contributed by atoms with Crippen LogP contribution in [0.1, 0.15) is 67.6 Å². The van der Waals surface area contributed by atoms with Gasteiger partial charge in [-0.1, -0.05) is 131 Å². The lowest BCUT2D eigenvalue weighted by atomic mass is 9.85. The molecule has 5 aromatic carbocycles. The van der Waals surface area contributed by atoms with Crippen molar-refractivity contribution in [3.63, 3.8) is 0 Å². The van der Waals surface area contributed by atoms with E-state index in [1.54, 1.807) is 11.8 Å². The number of aryl methyl sites for hydroxylation is 2. The van der Waals surface area contributed by atoms with Crippen molar-refractivity contribution in [2.45, 2.75) is 59.1 Å². The Hall–Kier alpha value is -4.73. The van der Waals surface area contributed by atoms with Crippen LogP contribution in [-0.2, 0) is 25.0 Å². The first kappa shape index (κ1) is 33.2. The highest BCUT2D eigenvalue weighted by Crippen LogP contribution is 2.45. The summed E-state index contributed by atoms with van der Waals surface area (Å²) in [5.74, 6) is 0.906. The quantitative estimate of drug-likeness (QED) is 0.144. The molecule has 0 fully saturated rings. The molecule has 1 aromatic heterocycles. The summed E-state index contributed by atoms with van der Waals surface area (Å²) in [5, 5.41) is 3.67. The maximum atomic E-state index is 6.77. The molecule has 0 unspecified atom stereocenters. The normalized spacial score (nSPS) is 12.8. The highest BCUT2D eigenvalue weighted by molar-refractivity contribution is 8.02. The first-order chi connectivity index (χ1) is 23.7. The number of rotatable bonds is 6. The van der Waals surface area contributed by atoms with Crippen molar-refractivity contribution in [1.82, 2.24) is 4.57 Å². The van der Waals surface area contributed by atoms with Crippen LogP contribution in [0.5, 0.6) is 0 Å². The predicted molar refractivity (Wildman–Crippen MR) is 214 cm³/mol. The van der Waals surface area contributed by atoms with Crippen LogP contribution in [0, 0.1) is 0 Å². The van der Waals surface area contributed by atoms with Gasteiger partial charge in [0.25, 0.3) is 0 Å². The first-order valence-corrected chi connectivity index (χ1v) is 18.4. The zero-order chi connectivity index (χ0) is 33.6. The summed E-state index contributed by atoms with van der Waals surface area (Å²) in [4.78, 5) is 1.02. The molecule has 1 heterocycles. The molecule has 0 aliphatic heterocycles. The second-order valence-electron chi connectivity index (χ2n) is 11.8. The SMILES string of the molecule is C=C(/C=C\c1ccc2cc(-n3c4c(c5c6c(ccc53)C=CCC6)-c3ccccc3CC4)ccc2c1N)SCc1ccccc1.CC.CC. The second-order valence-corrected chi connectivity index (χ2v) is 12.9. The molecule has 0 spiro atoms. The van der Waals surface area contributed by atoms with Gasteiger partial charge in [0.15, 0.2) is 0 Å². The first-order valence-electron chi connectivity index (χ1n) is 17.5. The third-order valence-electron chi connectivity index (χ3n) is 9.21. The third-order valence-corrected chi connectivity index (χ3v) is 10.2. The van der Waals surface area contributed by atoms with E-state index in [1.165, 1.54) is 55.7 Å². The molecular weight excluding hydrogens is 601 g/mol. The lowest BCUT2D eigenvalue weighted by molar-refractivity contribution is 0.866. The van der Waals surface area contributed by atoms with Gasteiger partial charge in [0, 0.05) is 44.1 Å². The van der Waals surface area contributed by atoms with Crippen molar-refractivity contribution in [2.75, 3.05) is 5.73 Å². The van der Waals surface area contributed by atoms with E-state index in [-0.39, 0.29) is 0 Å². The minimum absolute atomic E-state index is 0.806. The summed E-state index contributed by atoms with van der Waals surface area (Å²) < 4.78 is 2.52. The molecule has 0 saturated carbocycles. The zero-order valence-corrected chi connectivity index (χ0v) is 29.5. The van der Waals surface area contributed by atoms with Gasteiger partial charge < -0.3 is 10.3 Å². The van der Waals surface area contributed by atoms with Gasteiger partial charge >= 0.3 is 0 Å². The molecule has 2 aliphatic carbocycles. The number of hydrogen-bond donors (Lipinski definition) is 1. The fourth-order valence-electron chi connectivity index (χ4n) is 7.06. The van der Waals surface area contributed by atoms with Crippen molar-refractivity contribution >= 4 is 51.3 Å². The minimum atomic E-state index is 0.806. The van der Waals surface area contributed by atoms with Crippen LogP contribution in [0.3, 0.4) is 0 Å². The lowest BCUT2D eigenvalue weighted by Crippen LogP contribution is -2.08. The maximum Gasteiger partial charge on any atom is 0.0541 e. The number of benzene rings is 5. The van der Waals surface area contributed by atoms with Crippen molar-refractivity contribution in [1.29, 1.82) is 0 Å². The molecule has 242 valence electrons. The monoisotopic (exact) mass is 646 g/mol.